The first-order valence-electron chi connectivity index (χ1n) is 13.7. The van der Waals surface area contributed by atoms with Crippen LogP contribution in [0.2, 0.25) is 0 Å². The van der Waals surface area contributed by atoms with E-state index in [9.17, 15) is 9.59 Å². The summed E-state index contributed by atoms with van der Waals surface area (Å²) in [6.07, 6.45) is 11.6. The summed E-state index contributed by atoms with van der Waals surface area (Å²) in [6, 6.07) is 7.03. The quantitative estimate of drug-likeness (QED) is 0.343. The van der Waals surface area contributed by atoms with Gasteiger partial charge in [-0.3, -0.25) is 4.79 Å². The fourth-order valence-corrected chi connectivity index (χ4v) is 6.30. The Labute approximate surface area is 222 Å². The second-order valence-corrected chi connectivity index (χ2v) is 12.5. The molecule has 37 heavy (non-hydrogen) atoms. The summed E-state index contributed by atoms with van der Waals surface area (Å²) < 4.78 is 11.1. The van der Waals surface area contributed by atoms with Crippen molar-refractivity contribution in [2.24, 2.45) is 23.2 Å². The number of amides is 1. The highest BCUT2D eigenvalue weighted by Crippen LogP contribution is 2.50. The van der Waals surface area contributed by atoms with E-state index in [4.69, 9.17) is 9.47 Å². The highest BCUT2D eigenvalue weighted by atomic mass is 16.6. The zero-order valence-electron chi connectivity index (χ0n) is 23.7. The second kappa shape index (κ2) is 10.2. The van der Waals surface area contributed by atoms with Gasteiger partial charge < -0.3 is 19.3 Å². The molecule has 6 nitrogen and oxygen atoms in total. The molecule has 2 aliphatic heterocycles. The zero-order valence-corrected chi connectivity index (χ0v) is 23.7. The molecule has 0 radical (unpaired) electrons. The number of rotatable bonds is 6. The van der Waals surface area contributed by atoms with Crippen molar-refractivity contribution in [3.05, 3.63) is 54.4 Å². The molecule has 1 saturated carbocycles. The summed E-state index contributed by atoms with van der Waals surface area (Å²) in [7, 11) is 1.63. The molecule has 2 fully saturated rings. The summed E-state index contributed by atoms with van der Waals surface area (Å²) in [6.45, 7) is 14.5. The number of β-lactam (4-membered cyclic amide) rings is 1. The topological polar surface area (TPSA) is 59.1 Å². The highest BCUT2D eigenvalue weighted by molar-refractivity contribution is 6.04. The van der Waals surface area contributed by atoms with Crippen LogP contribution in [0.25, 0.3) is 0 Å². The van der Waals surface area contributed by atoms with Crippen molar-refractivity contribution in [3.63, 3.8) is 0 Å². The molecule has 6 heteroatoms. The van der Waals surface area contributed by atoms with E-state index < -0.39 is 17.1 Å². The summed E-state index contributed by atoms with van der Waals surface area (Å²) in [5, 5.41) is 0. The minimum atomic E-state index is -1.02. The van der Waals surface area contributed by atoms with Gasteiger partial charge in [0.05, 0.1) is 13.2 Å². The highest BCUT2D eigenvalue weighted by Gasteiger charge is 2.64. The molecule has 0 aromatic heterocycles. The molecule has 1 spiro atoms. The fraction of sp³-hybridized carbons (Fsp3) is 0.613. The van der Waals surface area contributed by atoms with Crippen molar-refractivity contribution in [1.29, 1.82) is 0 Å². The van der Waals surface area contributed by atoms with Crippen molar-refractivity contribution >= 4 is 11.9 Å². The maximum atomic E-state index is 13.8. The molecule has 202 valence electrons. The van der Waals surface area contributed by atoms with E-state index >= 15 is 0 Å². The lowest BCUT2D eigenvalue weighted by Crippen LogP contribution is -2.71. The van der Waals surface area contributed by atoms with Gasteiger partial charge in [0.2, 0.25) is 5.91 Å². The van der Waals surface area contributed by atoms with E-state index in [1.54, 1.807) is 12.0 Å². The van der Waals surface area contributed by atoms with Crippen molar-refractivity contribution in [3.8, 4) is 5.75 Å². The van der Waals surface area contributed by atoms with E-state index in [1.165, 1.54) is 12.8 Å². The van der Waals surface area contributed by atoms with E-state index in [0.29, 0.717) is 23.8 Å². The number of hydrogen-bond donors (Lipinski definition) is 0. The van der Waals surface area contributed by atoms with Gasteiger partial charge in [0, 0.05) is 18.4 Å². The lowest BCUT2D eigenvalue weighted by molar-refractivity contribution is -0.188. The molecule has 1 aliphatic carbocycles. The molecule has 3 unspecified atom stereocenters. The van der Waals surface area contributed by atoms with Crippen LogP contribution in [-0.4, -0.2) is 46.5 Å². The molecule has 0 N–H and O–H groups in total. The first-order valence-corrected chi connectivity index (χ1v) is 13.7. The Morgan fingerprint density at radius 1 is 1.05 bits per heavy atom. The van der Waals surface area contributed by atoms with E-state index in [0.717, 1.165) is 17.7 Å². The molecule has 1 aromatic rings. The lowest BCUT2D eigenvalue weighted by Gasteiger charge is -2.56. The fourth-order valence-electron chi connectivity index (χ4n) is 6.30. The van der Waals surface area contributed by atoms with Crippen LogP contribution < -0.4 is 4.74 Å². The molecule has 1 aromatic carbocycles. The molecule has 1 amide bonds. The van der Waals surface area contributed by atoms with Crippen molar-refractivity contribution < 1.29 is 19.1 Å². The Morgan fingerprint density at radius 2 is 1.68 bits per heavy atom. The molecule has 1 saturated heterocycles. The smallest absolute Gasteiger partial charge is 0.331 e. The Balaban J connectivity index is 1.62. The predicted molar refractivity (Wildman–Crippen MR) is 146 cm³/mol. The third kappa shape index (κ3) is 5.17. The second-order valence-electron chi connectivity index (χ2n) is 12.5. The van der Waals surface area contributed by atoms with Crippen LogP contribution in [-0.2, 0) is 14.3 Å². The summed E-state index contributed by atoms with van der Waals surface area (Å²) in [4.78, 5) is 31.4. The maximum Gasteiger partial charge on any atom is 0.331 e. The predicted octanol–water partition coefficient (Wildman–Crippen LogP) is 6.10. The number of ether oxygens (including phenoxy) is 2. The molecular weight excluding hydrogens is 464 g/mol. The SMILES string of the molecule is COc1ccc([C@H](C)N2C(=O)C3(C=CN(C4CC(C)CCC4C(C)C)C=C3)[C@@H]2C(=O)OC(C)(C)C)cc1. The maximum absolute atomic E-state index is 13.8. The van der Waals surface area contributed by atoms with Crippen molar-refractivity contribution in [2.75, 3.05) is 7.11 Å². The summed E-state index contributed by atoms with van der Waals surface area (Å²) in [5.74, 6) is 2.18. The van der Waals surface area contributed by atoms with Crippen LogP contribution in [0, 0.1) is 23.2 Å². The van der Waals surface area contributed by atoms with Gasteiger partial charge in [-0.25, -0.2) is 4.79 Å². The number of nitrogens with zero attached hydrogens (tertiary/aromatic N) is 2. The normalized spacial score (nSPS) is 27.9. The van der Waals surface area contributed by atoms with Gasteiger partial charge in [0.1, 0.15) is 16.8 Å². The van der Waals surface area contributed by atoms with E-state index in [-0.39, 0.29) is 17.9 Å². The van der Waals surface area contributed by atoms with Gasteiger partial charge >= 0.3 is 5.97 Å². The molecule has 2 heterocycles. The number of hydrogen-bond acceptors (Lipinski definition) is 5. The van der Waals surface area contributed by atoms with E-state index in [2.05, 4.69) is 25.7 Å². The van der Waals surface area contributed by atoms with E-state index in [1.807, 2.05) is 76.5 Å². The monoisotopic (exact) mass is 508 g/mol. The molecule has 0 bridgehead atoms. The Kier molecular flexibility index (Phi) is 7.51. The summed E-state index contributed by atoms with van der Waals surface area (Å²) in [5.41, 5.74) is -0.727. The lowest BCUT2D eigenvalue weighted by atomic mass is 9.67. The van der Waals surface area contributed by atoms with Gasteiger partial charge in [0.15, 0.2) is 6.04 Å². The minimum absolute atomic E-state index is 0.0729. The molecule has 5 atom stereocenters. The van der Waals surface area contributed by atoms with Gasteiger partial charge in [-0.1, -0.05) is 39.3 Å². The average molecular weight is 509 g/mol. The van der Waals surface area contributed by atoms with Gasteiger partial charge in [-0.15, -0.1) is 0 Å². The van der Waals surface area contributed by atoms with Crippen LogP contribution in [0.5, 0.6) is 5.75 Å². The van der Waals surface area contributed by atoms with Gasteiger partial charge in [-0.05, 0) is 88.1 Å². The van der Waals surface area contributed by atoms with Gasteiger partial charge in [-0.2, -0.15) is 0 Å². The summed E-state index contributed by atoms with van der Waals surface area (Å²) >= 11 is 0. The number of methoxy groups -OCH3 is 1. The standard InChI is InChI=1S/C31H44N2O4/c1-20(2)25-14-9-21(3)19-26(25)32-17-15-31(16-18-32)27(28(34)37-30(5,6)7)33(29(31)35)22(4)23-10-12-24(36-8)13-11-23/h10-13,15-18,20-22,25-27H,9,14,19H2,1-8H3/t21?,22-,25?,26?,27-/m0/s1. The molecule has 4 rings (SSSR count). The molecule has 3 aliphatic rings. The largest absolute Gasteiger partial charge is 0.497 e. The average Bonchev–Trinajstić information content (AvgIpc) is 2.85. The number of carbonyl (C=O) groups is 2. The Bertz CT molecular complexity index is 1040. The van der Waals surface area contributed by atoms with Crippen LogP contribution in [0.4, 0.5) is 0 Å². The number of likely N-dealkylation sites (tertiary alicyclic amines) is 1. The van der Waals surface area contributed by atoms with Crippen LogP contribution in [0.3, 0.4) is 0 Å². The Morgan fingerprint density at radius 3 is 2.22 bits per heavy atom. The number of benzene rings is 1. The third-order valence-electron chi connectivity index (χ3n) is 8.40. The van der Waals surface area contributed by atoms with Crippen molar-refractivity contribution in [1.82, 2.24) is 9.80 Å². The first kappa shape index (κ1) is 27.3. The van der Waals surface area contributed by atoms with Crippen molar-refractivity contribution in [2.45, 2.75) is 91.5 Å². The van der Waals surface area contributed by atoms with Crippen LogP contribution in [0.1, 0.15) is 79.3 Å². The number of carbonyl (C=O) groups excluding carboxylic acids is 2. The minimum Gasteiger partial charge on any atom is -0.497 e. The van der Waals surface area contributed by atoms with Gasteiger partial charge in [0.25, 0.3) is 0 Å². The van der Waals surface area contributed by atoms with Crippen LogP contribution in [0.15, 0.2) is 48.8 Å². The number of esters is 1. The first-order chi connectivity index (χ1) is 17.4. The zero-order chi connectivity index (χ0) is 27.1. The van der Waals surface area contributed by atoms with Crippen LogP contribution >= 0.6 is 0 Å². The Hall–Kier alpha value is -2.76. The molecular formula is C31H44N2O4. The third-order valence-corrected chi connectivity index (χ3v) is 8.40.